The second-order valence-electron chi connectivity index (χ2n) is 4.45. The number of rotatable bonds is 4. The molecule has 0 atom stereocenters. The predicted octanol–water partition coefficient (Wildman–Crippen LogP) is 2.89. The zero-order chi connectivity index (χ0) is 13.8. The molecule has 0 aliphatic rings. The lowest BCUT2D eigenvalue weighted by Gasteiger charge is -2.10. The number of carboxylic acids is 1. The highest BCUT2D eigenvalue weighted by Crippen LogP contribution is 2.19. The molecule has 0 bridgehead atoms. The number of aromatic carboxylic acids is 1. The van der Waals surface area contributed by atoms with Gasteiger partial charge in [-0.05, 0) is 30.7 Å². The summed E-state index contributed by atoms with van der Waals surface area (Å²) >= 11 is 0. The van der Waals surface area contributed by atoms with Crippen LogP contribution in [0.2, 0.25) is 0 Å². The van der Waals surface area contributed by atoms with Gasteiger partial charge >= 0.3 is 5.97 Å². The average Bonchev–Trinajstić information content (AvgIpc) is 2.39. The second kappa shape index (κ2) is 5.44. The zero-order valence-electron chi connectivity index (χ0n) is 10.7. The molecule has 0 aliphatic heterocycles. The summed E-state index contributed by atoms with van der Waals surface area (Å²) in [6.07, 6.45) is 0. The Morgan fingerprint density at radius 3 is 2.53 bits per heavy atom. The Morgan fingerprint density at radius 1 is 1.21 bits per heavy atom. The number of nitrogens with one attached hydrogen (secondary N) is 1. The maximum atomic E-state index is 11.1. The highest BCUT2D eigenvalue weighted by Gasteiger charge is 2.09. The molecule has 0 heterocycles. The summed E-state index contributed by atoms with van der Waals surface area (Å²) in [6, 6.07) is 12.9. The quantitative estimate of drug-likeness (QED) is 0.735. The topological polar surface area (TPSA) is 75.3 Å². The molecule has 0 saturated carbocycles. The van der Waals surface area contributed by atoms with Crippen LogP contribution in [0.15, 0.2) is 42.5 Å². The highest BCUT2D eigenvalue weighted by molar-refractivity contribution is 5.95. The number of hydrogen-bond donors (Lipinski definition) is 3. The van der Waals surface area contributed by atoms with Gasteiger partial charge in [0.2, 0.25) is 0 Å². The third kappa shape index (κ3) is 3.25. The molecule has 4 N–H and O–H groups in total. The Bertz CT molecular complexity index is 592. The van der Waals surface area contributed by atoms with Crippen LogP contribution in [-0.2, 0) is 6.54 Å². The largest absolute Gasteiger partial charge is 0.478 e. The first-order valence-corrected chi connectivity index (χ1v) is 5.98. The van der Waals surface area contributed by atoms with Crippen LogP contribution in [0.3, 0.4) is 0 Å². The molecule has 0 aliphatic carbocycles. The summed E-state index contributed by atoms with van der Waals surface area (Å²) < 4.78 is 0. The number of carbonyl (C=O) groups is 1. The van der Waals surface area contributed by atoms with Crippen LogP contribution in [-0.4, -0.2) is 11.1 Å². The molecule has 0 radical (unpaired) electrons. The van der Waals surface area contributed by atoms with Crippen LogP contribution in [0.4, 0.5) is 11.4 Å². The molecule has 2 aromatic carbocycles. The van der Waals surface area contributed by atoms with E-state index in [1.54, 1.807) is 12.1 Å². The van der Waals surface area contributed by atoms with E-state index in [9.17, 15) is 4.79 Å². The van der Waals surface area contributed by atoms with Crippen molar-refractivity contribution in [1.82, 2.24) is 0 Å². The van der Waals surface area contributed by atoms with Crippen LogP contribution in [0.5, 0.6) is 0 Å². The van der Waals surface area contributed by atoms with Crippen LogP contribution in [0, 0.1) is 6.92 Å². The maximum absolute atomic E-state index is 11.1. The van der Waals surface area contributed by atoms with E-state index in [2.05, 4.69) is 5.32 Å². The van der Waals surface area contributed by atoms with Gasteiger partial charge in [-0.15, -0.1) is 0 Å². The number of carboxylic acid groups (broad SMARTS) is 1. The molecule has 19 heavy (non-hydrogen) atoms. The lowest BCUT2D eigenvalue weighted by atomic mass is 10.1. The van der Waals surface area contributed by atoms with Crippen molar-refractivity contribution in [2.75, 3.05) is 11.1 Å². The molecule has 4 heteroatoms. The van der Waals surface area contributed by atoms with Gasteiger partial charge in [-0.1, -0.05) is 29.8 Å². The van der Waals surface area contributed by atoms with E-state index < -0.39 is 5.97 Å². The lowest BCUT2D eigenvalue weighted by molar-refractivity contribution is 0.0698. The van der Waals surface area contributed by atoms with E-state index in [4.69, 9.17) is 10.8 Å². The molecule has 0 amide bonds. The van der Waals surface area contributed by atoms with Gasteiger partial charge in [-0.3, -0.25) is 0 Å². The van der Waals surface area contributed by atoms with Crippen molar-refractivity contribution >= 4 is 17.3 Å². The summed E-state index contributed by atoms with van der Waals surface area (Å²) in [7, 11) is 0. The molecule has 2 rings (SSSR count). The van der Waals surface area contributed by atoms with Gasteiger partial charge in [-0.25, -0.2) is 4.79 Å². The second-order valence-corrected chi connectivity index (χ2v) is 4.45. The highest BCUT2D eigenvalue weighted by atomic mass is 16.4. The van der Waals surface area contributed by atoms with E-state index in [0.29, 0.717) is 17.9 Å². The Labute approximate surface area is 111 Å². The fourth-order valence-electron chi connectivity index (χ4n) is 1.80. The van der Waals surface area contributed by atoms with Gasteiger partial charge in [0, 0.05) is 17.9 Å². The minimum atomic E-state index is -0.987. The Kier molecular flexibility index (Phi) is 3.71. The van der Waals surface area contributed by atoms with Crippen molar-refractivity contribution in [2.24, 2.45) is 0 Å². The van der Waals surface area contributed by atoms with Crippen molar-refractivity contribution in [3.05, 3.63) is 59.2 Å². The van der Waals surface area contributed by atoms with Crippen molar-refractivity contribution in [2.45, 2.75) is 13.5 Å². The molecule has 0 saturated heterocycles. The van der Waals surface area contributed by atoms with Gasteiger partial charge in [0.25, 0.3) is 0 Å². The number of benzene rings is 2. The molecule has 0 unspecified atom stereocenters. The predicted molar refractivity (Wildman–Crippen MR) is 76.3 cm³/mol. The zero-order valence-corrected chi connectivity index (χ0v) is 10.7. The average molecular weight is 256 g/mol. The van der Waals surface area contributed by atoms with E-state index >= 15 is 0 Å². The van der Waals surface area contributed by atoms with Crippen LogP contribution < -0.4 is 11.1 Å². The first-order chi connectivity index (χ1) is 9.06. The van der Waals surface area contributed by atoms with Crippen molar-refractivity contribution in [3.63, 3.8) is 0 Å². The van der Waals surface area contributed by atoms with E-state index in [-0.39, 0.29) is 5.56 Å². The van der Waals surface area contributed by atoms with Crippen LogP contribution in [0.1, 0.15) is 21.5 Å². The van der Waals surface area contributed by atoms with Gasteiger partial charge in [-0.2, -0.15) is 0 Å². The standard InChI is InChI=1S/C15H16N2O2/c1-10-2-4-11(5-3-10)9-17-14-7-6-12(16)8-13(14)15(18)19/h2-8,17H,9,16H2,1H3,(H,18,19). The lowest BCUT2D eigenvalue weighted by Crippen LogP contribution is -2.07. The number of hydrogen-bond acceptors (Lipinski definition) is 3. The summed E-state index contributed by atoms with van der Waals surface area (Å²) in [5.41, 5.74) is 9.09. The smallest absolute Gasteiger partial charge is 0.337 e. The summed E-state index contributed by atoms with van der Waals surface area (Å²) in [5.74, 6) is -0.987. The summed E-state index contributed by atoms with van der Waals surface area (Å²) in [4.78, 5) is 11.1. The van der Waals surface area contributed by atoms with Crippen LogP contribution >= 0.6 is 0 Å². The normalized spacial score (nSPS) is 10.2. The van der Waals surface area contributed by atoms with Crippen molar-refractivity contribution in [3.8, 4) is 0 Å². The van der Waals surface area contributed by atoms with Gasteiger partial charge in [0.1, 0.15) is 0 Å². The van der Waals surface area contributed by atoms with E-state index in [0.717, 1.165) is 5.56 Å². The van der Waals surface area contributed by atoms with Gasteiger partial charge < -0.3 is 16.2 Å². The fraction of sp³-hybridized carbons (Fsp3) is 0.133. The first kappa shape index (κ1) is 13.0. The Hall–Kier alpha value is -2.49. The summed E-state index contributed by atoms with van der Waals surface area (Å²) in [6.45, 7) is 2.60. The number of nitrogens with two attached hydrogens (primary N) is 1. The monoisotopic (exact) mass is 256 g/mol. The fourth-order valence-corrected chi connectivity index (χ4v) is 1.80. The van der Waals surface area contributed by atoms with Crippen LogP contribution in [0.25, 0.3) is 0 Å². The van der Waals surface area contributed by atoms with E-state index in [1.165, 1.54) is 11.6 Å². The minimum Gasteiger partial charge on any atom is -0.478 e. The molecule has 2 aromatic rings. The third-order valence-electron chi connectivity index (χ3n) is 2.88. The molecular weight excluding hydrogens is 240 g/mol. The third-order valence-corrected chi connectivity index (χ3v) is 2.88. The van der Waals surface area contributed by atoms with Gasteiger partial charge in [0.15, 0.2) is 0 Å². The van der Waals surface area contributed by atoms with Crippen molar-refractivity contribution < 1.29 is 9.90 Å². The first-order valence-electron chi connectivity index (χ1n) is 5.98. The SMILES string of the molecule is Cc1ccc(CNc2ccc(N)cc2C(=O)O)cc1. The van der Waals surface area contributed by atoms with E-state index in [1.807, 2.05) is 31.2 Å². The molecule has 0 spiro atoms. The molecule has 98 valence electrons. The van der Waals surface area contributed by atoms with Crippen molar-refractivity contribution in [1.29, 1.82) is 0 Å². The Balaban J connectivity index is 2.15. The number of nitrogen functional groups attached to an aromatic ring is 1. The van der Waals surface area contributed by atoms with Gasteiger partial charge in [0.05, 0.1) is 5.56 Å². The molecule has 0 fully saturated rings. The maximum Gasteiger partial charge on any atom is 0.337 e. The minimum absolute atomic E-state index is 0.187. The summed E-state index contributed by atoms with van der Waals surface area (Å²) in [5, 5.41) is 12.2. The molecular formula is C15H16N2O2. The number of anilines is 2. The molecule has 4 nitrogen and oxygen atoms in total. The Morgan fingerprint density at radius 2 is 1.89 bits per heavy atom. The number of aryl methyl sites for hydroxylation is 1. The molecule has 0 aromatic heterocycles.